The van der Waals surface area contributed by atoms with Gasteiger partial charge in [-0.2, -0.15) is 0 Å². The predicted octanol–water partition coefficient (Wildman–Crippen LogP) is 1.43. The number of fused-ring (bicyclic) bond motifs is 2. The average molecular weight is 148 g/mol. The molecule has 2 rings (SSSR count). The molecule has 1 saturated carbocycles. The van der Waals surface area contributed by atoms with Gasteiger partial charge in [0, 0.05) is 6.04 Å². The van der Waals surface area contributed by atoms with Crippen LogP contribution in [0, 0.1) is 11.8 Å². The number of hydrogen-bond donors (Lipinski definition) is 1. The van der Waals surface area contributed by atoms with Crippen LogP contribution < -0.4 is 5.32 Å². The van der Waals surface area contributed by atoms with E-state index >= 15 is 0 Å². The molecule has 1 aliphatic carbocycles. The van der Waals surface area contributed by atoms with Gasteiger partial charge in [-0.15, -0.1) is 12.4 Å². The predicted molar refractivity (Wildman–Crippen MR) is 40.9 cm³/mol. The van der Waals surface area contributed by atoms with E-state index in [9.17, 15) is 0 Å². The van der Waals surface area contributed by atoms with Crippen LogP contribution in [-0.4, -0.2) is 12.6 Å². The second kappa shape index (κ2) is 2.47. The maximum Gasteiger partial charge on any atom is 0.00730 e. The number of hydrogen-bond acceptors (Lipinski definition) is 1. The molecule has 1 nitrogen and oxygen atoms in total. The van der Waals surface area contributed by atoms with Crippen LogP contribution in [0.1, 0.15) is 19.8 Å². The van der Waals surface area contributed by atoms with Crippen LogP contribution in [0.2, 0.25) is 0 Å². The Morgan fingerprint density at radius 2 is 2.11 bits per heavy atom. The van der Waals surface area contributed by atoms with Crippen molar-refractivity contribution in [3.8, 4) is 0 Å². The number of rotatable bonds is 0. The lowest BCUT2D eigenvalue weighted by Crippen LogP contribution is -2.28. The molecule has 1 aliphatic heterocycles. The first-order valence-electron chi connectivity index (χ1n) is 3.59. The first-order valence-corrected chi connectivity index (χ1v) is 3.59. The van der Waals surface area contributed by atoms with Crippen LogP contribution in [0.3, 0.4) is 0 Å². The van der Waals surface area contributed by atoms with E-state index in [4.69, 9.17) is 0 Å². The highest BCUT2D eigenvalue weighted by Crippen LogP contribution is 2.35. The fourth-order valence-electron chi connectivity index (χ4n) is 2.10. The molecule has 0 radical (unpaired) electrons. The van der Waals surface area contributed by atoms with E-state index in [1.54, 1.807) is 0 Å². The van der Waals surface area contributed by atoms with Crippen LogP contribution in [-0.2, 0) is 0 Å². The van der Waals surface area contributed by atoms with E-state index in [0.717, 1.165) is 17.9 Å². The molecule has 2 bridgehead atoms. The third-order valence-electron chi connectivity index (χ3n) is 2.72. The SMILES string of the molecule is CC1CC2CC1CN2.Cl. The van der Waals surface area contributed by atoms with Gasteiger partial charge in [0.15, 0.2) is 0 Å². The van der Waals surface area contributed by atoms with Gasteiger partial charge in [0.2, 0.25) is 0 Å². The van der Waals surface area contributed by atoms with Crippen molar-refractivity contribution in [1.82, 2.24) is 5.32 Å². The normalized spacial score (nSPS) is 47.0. The third kappa shape index (κ3) is 1.08. The molecule has 1 N–H and O–H groups in total. The van der Waals surface area contributed by atoms with Gasteiger partial charge in [-0.3, -0.25) is 0 Å². The summed E-state index contributed by atoms with van der Waals surface area (Å²) in [5.41, 5.74) is 0. The summed E-state index contributed by atoms with van der Waals surface area (Å²) in [5, 5.41) is 3.49. The van der Waals surface area contributed by atoms with Crippen molar-refractivity contribution in [2.45, 2.75) is 25.8 Å². The fourth-order valence-corrected chi connectivity index (χ4v) is 2.10. The molecule has 0 amide bonds. The molecule has 1 saturated heterocycles. The Balaban J connectivity index is 0.000000405. The quantitative estimate of drug-likeness (QED) is 0.547. The maximum atomic E-state index is 3.49. The summed E-state index contributed by atoms with van der Waals surface area (Å²) in [6.45, 7) is 3.68. The first-order chi connectivity index (χ1) is 3.86. The molecule has 3 unspecified atom stereocenters. The minimum Gasteiger partial charge on any atom is -0.314 e. The lowest BCUT2D eigenvalue weighted by Gasteiger charge is -2.16. The summed E-state index contributed by atoms with van der Waals surface area (Å²) in [5.74, 6) is 2.04. The molecular formula is C7H14ClN. The van der Waals surface area contributed by atoms with Crippen molar-refractivity contribution in [1.29, 1.82) is 0 Å². The standard InChI is InChI=1S/C7H13N.ClH/c1-5-2-7-3-6(5)4-8-7;/h5-8H,2-4H2,1H3;1H. The molecule has 0 spiro atoms. The number of halogens is 1. The molecule has 0 aromatic heterocycles. The number of piperidine rings is 1. The molecule has 2 aliphatic rings. The van der Waals surface area contributed by atoms with Crippen LogP contribution in [0.5, 0.6) is 0 Å². The first kappa shape index (κ1) is 7.36. The Bertz CT molecular complexity index is 103. The minimum absolute atomic E-state index is 0. The highest BCUT2D eigenvalue weighted by atomic mass is 35.5. The van der Waals surface area contributed by atoms with E-state index in [-0.39, 0.29) is 12.4 Å². The Kier molecular flexibility index (Phi) is 2.02. The molecule has 54 valence electrons. The second-order valence-corrected chi connectivity index (χ2v) is 3.31. The molecule has 2 heteroatoms. The molecule has 3 atom stereocenters. The van der Waals surface area contributed by atoms with Gasteiger partial charge in [0.1, 0.15) is 0 Å². The van der Waals surface area contributed by atoms with Gasteiger partial charge >= 0.3 is 0 Å². The summed E-state index contributed by atoms with van der Waals surface area (Å²) in [6.07, 6.45) is 2.89. The van der Waals surface area contributed by atoms with Gasteiger partial charge in [-0.1, -0.05) is 6.92 Å². The Labute approximate surface area is 62.6 Å². The van der Waals surface area contributed by atoms with Crippen molar-refractivity contribution in [2.24, 2.45) is 11.8 Å². The van der Waals surface area contributed by atoms with Crippen LogP contribution >= 0.6 is 12.4 Å². The van der Waals surface area contributed by atoms with Crippen LogP contribution in [0.25, 0.3) is 0 Å². The Morgan fingerprint density at radius 1 is 1.33 bits per heavy atom. The molecular weight excluding hydrogens is 134 g/mol. The molecule has 9 heavy (non-hydrogen) atoms. The zero-order valence-electron chi connectivity index (χ0n) is 5.76. The summed E-state index contributed by atoms with van der Waals surface area (Å²) in [4.78, 5) is 0. The van der Waals surface area contributed by atoms with Gasteiger partial charge < -0.3 is 5.32 Å². The summed E-state index contributed by atoms with van der Waals surface area (Å²) >= 11 is 0. The molecule has 2 fully saturated rings. The van der Waals surface area contributed by atoms with Crippen molar-refractivity contribution in [3.05, 3.63) is 0 Å². The third-order valence-corrected chi connectivity index (χ3v) is 2.72. The fraction of sp³-hybridized carbons (Fsp3) is 1.00. The lowest BCUT2D eigenvalue weighted by atomic mass is 9.98. The maximum absolute atomic E-state index is 3.49. The van der Waals surface area contributed by atoms with Gasteiger partial charge in [0.25, 0.3) is 0 Å². The highest BCUT2D eigenvalue weighted by molar-refractivity contribution is 5.85. The largest absolute Gasteiger partial charge is 0.314 e. The van der Waals surface area contributed by atoms with Crippen molar-refractivity contribution < 1.29 is 0 Å². The van der Waals surface area contributed by atoms with Gasteiger partial charge in [-0.05, 0) is 31.2 Å². The van der Waals surface area contributed by atoms with Gasteiger partial charge in [0.05, 0.1) is 0 Å². The molecule has 0 aromatic carbocycles. The van der Waals surface area contributed by atoms with Crippen LogP contribution in [0.15, 0.2) is 0 Å². The topological polar surface area (TPSA) is 12.0 Å². The zero-order valence-corrected chi connectivity index (χ0v) is 6.58. The summed E-state index contributed by atoms with van der Waals surface area (Å²) in [7, 11) is 0. The van der Waals surface area contributed by atoms with E-state index in [2.05, 4.69) is 12.2 Å². The van der Waals surface area contributed by atoms with Crippen molar-refractivity contribution in [3.63, 3.8) is 0 Å². The Morgan fingerprint density at radius 3 is 2.33 bits per heavy atom. The molecule has 0 aromatic rings. The van der Waals surface area contributed by atoms with Gasteiger partial charge in [-0.25, -0.2) is 0 Å². The molecule has 1 heterocycles. The van der Waals surface area contributed by atoms with E-state index in [1.807, 2.05) is 0 Å². The van der Waals surface area contributed by atoms with E-state index in [1.165, 1.54) is 19.4 Å². The Hall–Kier alpha value is 0.250. The second-order valence-electron chi connectivity index (χ2n) is 3.31. The summed E-state index contributed by atoms with van der Waals surface area (Å²) < 4.78 is 0. The van der Waals surface area contributed by atoms with E-state index in [0.29, 0.717) is 0 Å². The monoisotopic (exact) mass is 147 g/mol. The highest BCUT2D eigenvalue weighted by Gasteiger charge is 2.36. The van der Waals surface area contributed by atoms with E-state index < -0.39 is 0 Å². The average Bonchev–Trinajstić information content (AvgIpc) is 2.23. The lowest BCUT2D eigenvalue weighted by molar-refractivity contribution is 0.379. The van der Waals surface area contributed by atoms with Crippen molar-refractivity contribution in [2.75, 3.05) is 6.54 Å². The van der Waals surface area contributed by atoms with Crippen molar-refractivity contribution >= 4 is 12.4 Å². The summed E-state index contributed by atoms with van der Waals surface area (Å²) in [6, 6.07) is 0.898. The minimum atomic E-state index is 0. The van der Waals surface area contributed by atoms with Crippen LogP contribution in [0.4, 0.5) is 0 Å². The zero-order chi connectivity index (χ0) is 5.56. The number of nitrogens with one attached hydrogen (secondary N) is 1. The smallest absolute Gasteiger partial charge is 0.00730 e.